The van der Waals surface area contributed by atoms with Crippen LogP contribution < -0.4 is 15.5 Å². The maximum absolute atomic E-state index is 13.3. The first-order chi connectivity index (χ1) is 19.0. The van der Waals surface area contributed by atoms with Crippen molar-refractivity contribution in [2.24, 2.45) is 0 Å². The summed E-state index contributed by atoms with van der Waals surface area (Å²) in [4.78, 5) is 47.8. The van der Waals surface area contributed by atoms with Crippen LogP contribution in [0.1, 0.15) is 55.1 Å². The van der Waals surface area contributed by atoms with E-state index in [0.717, 1.165) is 34.6 Å². The van der Waals surface area contributed by atoms with Crippen molar-refractivity contribution < 1.29 is 19.2 Å². The number of carbonyl (C=O) groups excluding carboxylic acids is 3. The second-order valence-corrected chi connectivity index (χ2v) is 9.44. The lowest BCUT2D eigenvalue weighted by Gasteiger charge is -2.09. The number of carbonyl (C=O) groups is 3. The molecule has 1 saturated carbocycles. The van der Waals surface area contributed by atoms with Gasteiger partial charge in [0.1, 0.15) is 0 Å². The normalized spacial score (nSPS) is 12.6. The Hall–Kier alpha value is -4.73. The summed E-state index contributed by atoms with van der Waals surface area (Å²) in [5.41, 5.74) is 3.54. The number of imidazole rings is 1. The van der Waals surface area contributed by atoms with Crippen LogP contribution in [0.2, 0.25) is 0 Å². The summed E-state index contributed by atoms with van der Waals surface area (Å²) < 4.78 is 1.84. The molecule has 0 radical (unpaired) electrons. The standard InChI is InChI=1S/C29H30N6O4/c1-2-27(37)39-35-18-22(17-30-35)20-8-6-9-21(16-20)28(38)33-29-32-24(10-7-13-26(36)31-23-14-15-23)19-34(29)25-11-4-3-5-12-25/h3-6,8-9,11-12,16-19,23H,2,7,10,13-15H2,1H3,(H,31,36)(H,32,33,38). The lowest BCUT2D eigenvalue weighted by molar-refractivity contribution is -0.145. The summed E-state index contributed by atoms with van der Waals surface area (Å²) in [5, 5.41) is 10.0. The second kappa shape index (κ2) is 11.8. The number of nitrogens with zero attached hydrogens (tertiary/aromatic N) is 4. The van der Waals surface area contributed by atoms with Gasteiger partial charge in [0.15, 0.2) is 0 Å². The van der Waals surface area contributed by atoms with Gasteiger partial charge >= 0.3 is 5.97 Å². The number of aromatic nitrogens is 4. The highest BCUT2D eigenvalue weighted by atomic mass is 16.7. The topological polar surface area (TPSA) is 120 Å². The van der Waals surface area contributed by atoms with Crippen molar-refractivity contribution in [3.8, 4) is 16.8 Å². The molecule has 10 nitrogen and oxygen atoms in total. The van der Waals surface area contributed by atoms with Gasteiger partial charge in [-0.05, 0) is 55.5 Å². The van der Waals surface area contributed by atoms with E-state index < -0.39 is 5.97 Å². The SMILES string of the molecule is CCC(=O)On1cc(-c2cccc(C(=O)Nc3nc(CCCC(=O)NC4CC4)cn3-c3ccccc3)c2)cn1. The number of nitrogens with one attached hydrogen (secondary N) is 2. The molecule has 1 fully saturated rings. The molecule has 1 aliphatic carbocycles. The average molecular weight is 527 g/mol. The lowest BCUT2D eigenvalue weighted by atomic mass is 10.1. The minimum absolute atomic E-state index is 0.0717. The zero-order valence-electron chi connectivity index (χ0n) is 21.7. The van der Waals surface area contributed by atoms with Crippen molar-refractivity contribution in [2.45, 2.75) is 51.5 Å². The van der Waals surface area contributed by atoms with Crippen LogP contribution in [-0.2, 0) is 16.0 Å². The molecular formula is C29H30N6O4. The summed E-state index contributed by atoms with van der Waals surface area (Å²) in [7, 11) is 0. The highest BCUT2D eigenvalue weighted by Gasteiger charge is 2.23. The van der Waals surface area contributed by atoms with E-state index in [1.165, 1.54) is 0 Å². The van der Waals surface area contributed by atoms with Gasteiger partial charge in [0.05, 0.1) is 18.1 Å². The summed E-state index contributed by atoms with van der Waals surface area (Å²) in [6.07, 6.45) is 9.14. The average Bonchev–Trinajstić information content (AvgIpc) is 3.48. The summed E-state index contributed by atoms with van der Waals surface area (Å²) in [5.74, 6) is -0.247. The molecule has 2 amide bonds. The maximum Gasteiger partial charge on any atom is 0.334 e. The van der Waals surface area contributed by atoms with E-state index in [0.29, 0.717) is 42.4 Å². The van der Waals surface area contributed by atoms with Crippen molar-refractivity contribution >= 4 is 23.7 Å². The molecule has 0 unspecified atom stereocenters. The van der Waals surface area contributed by atoms with Gasteiger partial charge in [-0.25, -0.2) is 9.78 Å². The molecule has 39 heavy (non-hydrogen) atoms. The van der Waals surface area contributed by atoms with E-state index in [2.05, 4.69) is 20.7 Å². The van der Waals surface area contributed by atoms with Crippen LogP contribution in [0.15, 0.2) is 73.2 Å². The summed E-state index contributed by atoms with van der Waals surface area (Å²) in [6.45, 7) is 1.70. The van der Waals surface area contributed by atoms with Crippen molar-refractivity contribution in [3.63, 3.8) is 0 Å². The van der Waals surface area contributed by atoms with Crippen LogP contribution >= 0.6 is 0 Å². The quantitative estimate of drug-likeness (QED) is 0.305. The van der Waals surface area contributed by atoms with Crippen LogP contribution in [-0.4, -0.2) is 43.3 Å². The van der Waals surface area contributed by atoms with Gasteiger partial charge in [0.2, 0.25) is 11.9 Å². The predicted molar refractivity (Wildman–Crippen MR) is 145 cm³/mol. The second-order valence-electron chi connectivity index (χ2n) is 9.44. The molecule has 2 heterocycles. The van der Waals surface area contributed by atoms with Crippen LogP contribution in [0.3, 0.4) is 0 Å². The maximum atomic E-state index is 13.3. The third kappa shape index (κ3) is 6.78. The van der Waals surface area contributed by atoms with Gasteiger partial charge in [0.25, 0.3) is 5.91 Å². The van der Waals surface area contributed by atoms with E-state index in [1.807, 2.05) is 47.2 Å². The number of benzene rings is 2. The van der Waals surface area contributed by atoms with E-state index >= 15 is 0 Å². The Morgan fingerprint density at radius 3 is 2.62 bits per heavy atom. The van der Waals surface area contributed by atoms with Crippen molar-refractivity contribution in [3.05, 3.63) is 84.4 Å². The molecule has 4 aromatic rings. The highest BCUT2D eigenvalue weighted by Crippen LogP contribution is 2.23. The smallest absolute Gasteiger partial charge is 0.334 e. The van der Waals surface area contributed by atoms with E-state index in [-0.39, 0.29) is 18.2 Å². The third-order valence-electron chi connectivity index (χ3n) is 6.30. The molecule has 0 aliphatic heterocycles. The van der Waals surface area contributed by atoms with E-state index in [1.54, 1.807) is 37.5 Å². The molecule has 2 aromatic heterocycles. The zero-order valence-corrected chi connectivity index (χ0v) is 21.7. The number of hydrogen-bond donors (Lipinski definition) is 2. The minimum atomic E-state index is -0.396. The minimum Gasteiger partial charge on any atom is -0.353 e. The van der Waals surface area contributed by atoms with Gasteiger partial charge in [-0.1, -0.05) is 42.1 Å². The Kier molecular flexibility index (Phi) is 7.81. The van der Waals surface area contributed by atoms with Crippen molar-refractivity contribution in [2.75, 3.05) is 5.32 Å². The predicted octanol–water partition coefficient (Wildman–Crippen LogP) is 3.95. The number of rotatable bonds is 11. The van der Waals surface area contributed by atoms with Crippen molar-refractivity contribution in [1.29, 1.82) is 0 Å². The molecule has 2 aromatic carbocycles. The number of hydrogen-bond acceptors (Lipinski definition) is 6. The number of aryl methyl sites for hydroxylation is 1. The number of anilines is 1. The third-order valence-corrected chi connectivity index (χ3v) is 6.30. The molecule has 1 aliphatic rings. The molecule has 0 spiro atoms. The Labute approximate surface area is 226 Å². The summed E-state index contributed by atoms with van der Waals surface area (Å²) in [6, 6.07) is 17.1. The Morgan fingerprint density at radius 2 is 1.85 bits per heavy atom. The first-order valence-corrected chi connectivity index (χ1v) is 13.1. The molecule has 5 rings (SSSR count). The summed E-state index contributed by atoms with van der Waals surface area (Å²) >= 11 is 0. The van der Waals surface area contributed by atoms with Crippen molar-refractivity contribution in [1.82, 2.24) is 24.8 Å². The van der Waals surface area contributed by atoms with Crippen LogP contribution in [0.25, 0.3) is 16.8 Å². The Morgan fingerprint density at radius 1 is 1.03 bits per heavy atom. The van der Waals surface area contributed by atoms with E-state index in [9.17, 15) is 14.4 Å². The largest absolute Gasteiger partial charge is 0.353 e. The Balaban J connectivity index is 1.30. The molecule has 10 heteroatoms. The Bertz CT molecular complexity index is 1470. The molecule has 0 atom stereocenters. The van der Waals surface area contributed by atoms with E-state index in [4.69, 9.17) is 4.84 Å². The van der Waals surface area contributed by atoms with Gasteiger partial charge in [-0.2, -0.15) is 0 Å². The highest BCUT2D eigenvalue weighted by molar-refractivity contribution is 6.04. The molecule has 200 valence electrons. The fourth-order valence-electron chi connectivity index (χ4n) is 4.07. The first-order valence-electron chi connectivity index (χ1n) is 13.1. The zero-order chi connectivity index (χ0) is 27.2. The van der Waals surface area contributed by atoms with Crippen LogP contribution in [0.5, 0.6) is 0 Å². The van der Waals surface area contributed by atoms with Gasteiger partial charge in [0, 0.05) is 41.9 Å². The van der Waals surface area contributed by atoms with Gasteiger partial charge in [-0.15, -0.1) is 5.10 Å². The fourth-order valence-corrected chi connectivity index (χ4v) is 4.07. The molecule has 0 bridgehead atoms. The van der Waals surface area contributed by atoms with Gasteiger partial charge < -0.3 is 10.2 Å². The monoisotopic (exact) mass is 526 g/mol. The molecule has 0 saturated heterocycles. The lowest BCUT2D eigenvalue weighted by Crippen LogP contribution is -2.25. The molecule has 2 N–H and O–H groups in total. The molecular weight excluding hydrogens is 496 g/mol. The van der Waals surface area contributed by atoms with Gasteiger partial charge in [-0.3, -0.25) is 19.5 Å². The first kappa shape index (κ1) is 25.9. The van der Waals surface area contributed by atoms with Crippen LogP contribution in [0.4, 0.5) is 5.95 Å². The number of amides is 2. The van der Waals surface area contributed by atoms with Crippen LogP contribution in [0, 0.1) is 0 Å². The fraction of sp³-hybridized carbons (Fsp3) is 0.276. The number of para-hydroxylation sites is 1.